The molecule has 1 heterocycles. The van der Waals surface area contributed by atoms with Crippen molar-refractivity contribution >= 4 is 34.0 Å². The van der Waals surface area contributed by atoms with E-state index in [0.29, 0.717) is 5.46 Å². The summed E-state index contributed by atoms with van der Waals surface area (Å²) in [4.78, 5) is 0. The molecule has 0 atom stereocenters. The fourth-order valence-electron chi connectivity index (χ4n) is 3.31. The Morgan fingerprint density at radius 2 is 1.55 bits per heavy atom. The number of benzene rings is 1. The summed E-state index contributed by atoms with van der Waals surface area (Å²) in [5.74, 6) is 0. The average Bonchev–Trinajstić information content (AvgIpc) is 2.77. The van der Waals surface area contributed by atoms with Gasteiger partial charge in [0.2, 0.25) is 0 Å². The zero-order valence-corrected chi connectivity index (χ0v) is 13.3. The molecule has 1 aliphatic rings. The van der Waals surface area contributed by atoms with Crippen LogP contribution in [0.4, 0.5) is 0 Å². The van der Waals surface area contributed by atoms with Crippen LogP contribution in [0.3, 0.4) is 0 Å². The molecule has 0 saturated heterocycles. The third-order valence-electron chi connectivity index (χ3n) is 4.86. The monoisotopic (exact) mass is 288 g/mol. The lowest BCUT2D eigenvalue weighted by atomic mass is 9.62. The zero-order chi connectivity index (χ0) is 14.7. The second-order valence-electron chi connectivity index (χ2n) is 7.23. The van der Waals surface area contributed by atoms with Gasteiger partial charge in [-0.15, -0.1) is 11.3 Å². The van der Waals surface area contributed by atoms with Gasteiger partial charge in [-0.25, -0.2) is 0 Å². The van der Waals surface area contributed by atoms with Crippen LogP contribution in [0.2, 0.25) is 0 Å². The van der Waals surface area contributed by atoms with E-state index in [1.54, 1.807) is 11.3 Å². The van der Waals surface area contributed by atoms with E-state index in [1.807, 2.05) is 5.38 Å². The summed E-state index contributed by atoms with van der Waals surface area (Å²) >= 11 is 1.60. The summed E-state index contributed by atoms with van der Waals surface area (Å²) in [6.45, 7) is 9.19. The smallest absolute Gasteiger partial charge is 0.423 e. The molecule has 1 aromatic carbocycles. The first-order chi connectivity index (χ1) is 9.22. The molecule has 0 fully saturated rings. The Balaban J connectivity index is 2.32. The minimum Gasteiger partial charge on any atom is -0.423 e. The topological polar surface area (TPSA) is 40.5 Å². The summed E-state index contributed by atoms with van der Waals surface area (Å²) in [5.41, 5.74) is 3.76. The van der Waals surface area contributed by atoms with Crippen molar-refractivity contribution < 1.29 is 10.0 Å². The van der Waals surface area contributed by atoms with Crippen LogP contribution < -0.4 is 5.46 Å². The van der Waals surface area contributed by atoms with Gasteiger partial charge in [0.15, 0.2) is 0 Å². The number of thiophene rings is 1. The molecule has 2 nitrogen and oxygen atoms in total. The molecule has 2 N–H and O–H groups in total. The molecule has 0 aliphatic heterocycles. The Bertz CT molecular complexity index is 670. The number of hydrogen-bond donors (Lipinski definition) is 2. The molecule has 3 rings (SSSR count). The summed E-state index contributed by atoms with van der Waals surface area (Å²) < 4.78 is 1.15. The van der Waals surface area contributed by atoms with Crippen LogP contribution in [0.15, 0.2) is 17.5 Å². The van der Waals surface area contributed by atoms with E-state index in [2.05, 4.69) is 39.8 Å². The van der Waals surface area contributed by atoms with Crippen molar-refractivity contribution in [1.29, 1.82) is 0 Å². The van der Waals surface area contributed by atoms with Crippen LogP contribution in [0, 0.1) is 0 Å². The first-order valence-corrected chi connectivity index (χ1v) is 8.03. The molecule has 0 radical (unpaired) electrons. The maximum atomic E-state index is 9.51. The Kier molecular flexibility index (Phi) is 3.05. The molecule has 0 saturated carbocycles. The largest absolute Gasteiger partial charge is 0.489 e. The van der Waals surface area contributed by atoms with E-state index in [4.69, 9.17) is 0 Å². The second kappa shape index (κ2) is 4.33. The van der Waals surface area contributed by atoms with Crippen molar-refractivity contribution in [2.75, 3.05) is 0 Å². The first-order valence-electron chi connectivity index (χ1n) is 7.15. The first kappa shape index (κ1) is 14.1. The van der Waals surface area contributed by atoms with Crippen LogP contribution in [-0.2, 0) is 10.8 Å². The van der Waals surface area contributed by atoms with Crippen molar-refractivity contribution in [2.45, 2.75) is 51.4 Å². The number of fused-ring (bicyclic) bond motifs is 2. The predicted octanol–water partition coefficient (Wildman–Crippen LogP) is 2.93. The van der Waals surface area contributed by atoms with Crippen LogP contribution in [-0.4, -0.2) is 17.2 Å². The zero-order valence-electron chi connectivity index (χ0n) is 12.5. The molecule has 0 unspecified atom stereocenters. The molecular weight excluding hydrogens is 267 g/mol. The van der Waals surface area contributed by atoms with Crippen LogP contribution >= 0.6 is 11.3 Å². The Morgan fingerprint density at radius 1 is 1.00 bits per heavy atom. The molecule has 1 aliphatic carbocycles. The molecule has 0 spiro atoms. The Labute approximate surface area is 124 Å². The van der Waals surface area contributed by atoms with Crippen LogP contribution in [0.5, 0.6) is 0 Å². The summed E-state index contributed by atoms with van der Waals surface area (Å²) in [6.07, 6.45) is 2.36. The number of hydrogen-bond acceptors (Lipinski definition) is 3. The summed E-state index contributed by atoms with van der Waals surface area (Å²) in [6, 6.07) is 4.46. The molecule has 1 aromatic heterocycles. The highest BCUT2D eigenvalue weighted by Gasteiger charge is 2.37. The van der Waals surface area contributed by atoms with Gasteiger partial charge in [-0.05, 0) is 57.7 Å². The van der Waals surface area contributed by atoms with Crippen LogP contribution in [0.25, 0.3) is 10.1 Å². The Hall–Kier alpha value is -0.835. The highest BCUT2D eigenvalue weighted by atomic mass is 32.1. The molecule has 106 valence electrons. The van der Waals surface area contributed by atoms with Gasteiger partial charge in [0, 0.05) is 10.2 Å². The van der Waals surface area contributed by atoms with E-state index < -0.39 is 7.12 Å². The lowest BCUT2D eigenvalue weighted by molar-refractivity contribution is 0.332. The van der Waals surface area contributed by atoms with E-state index in [-0.39, 0.29) is 10.8 Å². The second-order valence-corrected chi connectivity index (χ2v) is 8.14. The lowest BCUT2D eigenvalue weighted by Gasteiger charge is -2.42. The standard InChI is InChI=1S/C16H21BO2S/c1-15(2)5-6-16(3,4)12-8-14-10(7-11(12)15)13(9-20-14)17(18)19/h7-9,18-19H,5-6H2,1-4H3. The van der Waals surface area contributed by atoms with E-state index in [9.17, 15) is 10.0 Å². The van der Waals surface area contributed by atoms with Crippen molar-refractivity contribution in [2.24, 2.45) is 0 Å². The molecule has 0 bridgehead atoms. The fraction of sp³-hybridized carbons (Fsp3) is 0.500. The van der Waals surface area contributed by atoms with Gasteiger partial charge in [-0.1, -0.05) is 27.7 Å². The SMILES string of the molecule is CC1(C)CCC(C)(C)c2cc3c(B(O)O)csc3cc21. The highest BCUT2D eigenvalue weighted by molar-refractivity contribution is 7.18. The minimum atomic E-state index is -1.39. The predicted molar refractivity (Wildman–Crippen MR) is 86.9 cm³/mol. The van der Waals surface area contributed by atoms with Gasteiger partial charge in [-0.2, -0.15) is 0 Å². The average molecular weight is 288 g/mol. The van der Waals surface area contributed by atoms with Gasteiger partial charge in [0.05, 0.1) is 0 Å². The molecule has 4 heteroatoms. The lowest BCUT2D eigenvalue weighted by Crippen LogP contribution is -2.34. The third-order valence-corrected chi connectivity index (χ3v) is 5.82. The van der Waals surface area contributed by atoms with Gasteiger partial charge >= 0.3 is 7.12 Å². The van der Waals surface area contributed by atoms with Crippen molar-refractivity contribution in [3.63, 3.8) is 0 Å². The van der Waals surface area contributed by atoms with Gasteiger partial charge in [-0.3, -0.25) is 0 Å². The van der Waals surface area contributed by atoms with Crippen molar-refractivity contribution in [3.8, 4) is 0 Å². The van der Waals surface area contributed by atoms with Crippen LogP contribution in [0.1, 0.15) is 51.7 Å². The minimum absolute atomic E-state index is 0.151. The normalized spacial score (nSPS) is 19.9. The molecular formula is C16H21BO2S. The molecule has 0 amide bonds. The highest BCUT2D eigenvalue weighted by Crippen LogP contribution is 2.47. The van der Waals surface area contributed by atoms with E-state index >= 15 is 0 Å². The van der Waals surface area contributed by atoms with Gasteiger partial charge in [0.25, 0.3) is 0 Å². The molecule has 2 aromatic rings. The fourth-order valence-corrected chi connectivity index (χ4v) is 4.30. The third kappa shape index (κ3) is 2.02. The van der Waals surface area contributed by atoms with Crippen molar-refractivity contribution in [1.82, 2.24) is 0 Å². The van der Waals surface area contributed by atoms with Gasteiger partial charge < -0.3 is 10.0 Å². The maximum absolute atomic E-state index is 9.51. The quantitative estimate of drug-likeness (QED) is 0.792. The van der Waals surface area contributed by atoms with Crippen molar-refractivity contribution in [3.05, 3.63) is 28.6 Å². The van der Waals surface area contributed by atoms with Gasteiger partial charge in [0.1, 0.15) is 0 Å². The number of rotatable bonds is 1. The Morgan fingerprint density at radius 3 is 2.10 bits per heavy atom. The maximum Gasteiger partial charge on any atom is 0.489 e. The van der Waals surface area contributed by atoms with E-state index in [1.165, 1.54) is 24.0 Å². The summed E-state index contributed by atoms with van der Waals surface area (Å²) in [5, 5.41) is 21.9. The molecule has 20 heavy (non-hydrogen) atoms. The van der Waals surface area contributed by atoms with E-state index in [0.717, 1.165) is 10.1 Å². The summed E-state index contributed by atoms with van der Waals surface area (Å²) in [7, 11) is -1.39.